The van der Waals surface area contributed by atoms with Gasteiger partial charge in [0, 0.05) is 6.20 Å². The van der Waals surface area contributed by atoms with Crippen LogP contribution in [0.5, 0.6) is 0 Å². The lowest BCUT2D eigenvalue weighted by atomic mass is 10.2. The molecule has 3 rings (SSSR count). The van der Waals surface area contributed by atoms with E-state index in [9.17, 15) is 9.59 Å². The van der Waals surface area contributed by atoms with E-state index >= 15 is 0 Å². The van der Waals surface area contributed by atoms with Crippen molar-refractivity contribution in [1.82, 2.24) is 14.6 Å². The van der Waals surface area contributed by atoms with Gasteiger partial charge in [-0.25, -0.2) is 9.78 Å². The summed E-state index contributed by atoms with van der Waals surface area (Å²) in [6.07, 6.45) is 2.86. The van der Waals surface area contributed by atoms with Crippen LogP contribution in [0.1, 0.15) is 10.4 Å². The number of nitrogens with zero attached hydrogens (tertiary/aromatic N) is 3. The van der Waals surface area contributed by atoms with E-state index in [0.717, 1.165) is 0 Å². The average molecular weight is 302 g/mol. The molecular formula is C13H10N4O3S. The number of fused-ring (bicyclic) bond motifs is 1. The summed E-state index contributed by atoms with van der Waals surface area (Å²) in [6.45, 7) is 0. The second-order valence-electron chi connectivity index (χ2n) is 4.05. The first-order valence-electron chi connectivity index (χ1n) is 5.97. The number of hydrogen-bond donors (Lipinski definition) is 1. The summed E-state index contributed by atoms with van der Waals surface area (Å²) in [6, 6.07) is 6.89. The van der Waals surface area contributed by atoms with E-state index in [0.29, 0.717) is 20.7 Å². The number of para-hydroxylation sites is 1. The number of aromatic nitrogens is 3. The van der Waals surface area contributed by atoms with Crippen LogP contribution >= 0.6 is 11.3 Å². The maximum atomic E-state index is 12.0. The Morgan fingerprint density at radius 1 is 1.43 bits per heavy atom. The van der Waals surface area contributed by atoms with Gasteiger partial charge in [-0.2, -0.15) is 9.61 Å². The van der Waals surface area contributed by atoms with Crippen molar-refractivity contribution >= 4 is 34.2 Å². The Morgan fingerprint density at radius 3 is 3.00 bits per heavy atom. The Morgan fingerprint density at radius 2 is 2.24 bits per heavy atom. The van der Waals surface area contributed by atoms with Crippen molar-refractivity contribution in [3.63, 3.8) is 0 Å². The molecule has 1 aromatic carbocycles. The summed E-state index contributed by atoms with van der Waals surface area (Å²) in [5.74, 6) is -0.448. The molecule has 1 N–H and O–H groups in total. The van der Waals surface area contributed by atoms with Crippen molar-refractivity contribution < 1.29 is 9.53 Å². The summed E-state index contributed by atoms with van der Waals surface area (Å²) in [5.41, 5.74) is 0.696. The smallest absolute Gasteiger partial charge is 0.339 e. The molecule has 8 heteroatoms. The van der Waals surface area contributed by atoms with E-state index in [1.165, 1.54) is 35.5 Å². The third-order valence-corrected chi connectivity index (χ3v) is 3.79. The number of benzene rings is 1. The molecule has 0 saturated carbocycles. The van der Waals surface area contributed by atoms with Gasteiger partial charge in [0.2, 0.25) is 4.96 Å². The van der Waals surface area contributed by atoms with Gasteiger partial charge >= 0.3 is 5.97 Å². The summed E-state index contributed by atoms with van der Waals surface area (Å²) < 4.78 is 6.39. The van der Waals surface area contributed by atoms with Gasteiger partial charge in [-0.1, -0.05) is 23.5 Å². The fourth-order valence-corrected chi connectivity index (χ4v) is 2.62. The molecule has 0 unspecified atom stereocenters. The first-order valence-corrected chi connectivity index (χ1v) is 6.79. The Hall–Kier alpha value is -2.74. The van der Waals surface area contributed by atoms with Crippen LogP contribution in [0.25, 0.3) is 11.2 Å². The molecule has 0 fully saturated rings. The van der Waals surface area contributed by atoms with Gasteiger partial charge in [-0.3, -0.25) is 4.79 Å². The maximum Gasteiger partial charge on any atom is 0.339 e. The Balaban J connectivity index is 1.99. The lowest BCUT2D eigenvalue weighted by molar-refractivity contribution is 0.0602. The molecule has 0 aliphatic heterocycles. The number of carbonyl (C=O) groups is 1. The van der Waals surface area contributed by atoms with E-state index in [4.69, 9.17) is 4.74 Å². The normalized spacial score (nSPS) is 11.8. The topological polar surface area (TPSA) is 85.6 Å². The van der Waals surface area contributed by atoms with Crippen LogP contribution in [0.2, 0.25) is 0 Å². The maximum absolute atomic E-state index is 12.0. The van der Waals surface area contributed by atoms with Crippen LogP contribution < -0.4 is 15.4 Å². The van der Waals surface area contributed by atoms with Crippen LogP contribution in [-0.2, 0) is 4.74 Å². The molecule has 21 heavy (non-hydrogen) atoms. The zero-order valence-corrected chi connectivity index (χ0v) is 11.8. The van der Waals surface area contributed by atoms with Crippen molar-refractivity contribution in [3.8, 4) is 0 Å². The number of ether oxygens (including phenoxy) is 1. The average Bonchev–Trinajstić information content (AvgIpc) is 3.08. The Bertz CT molecular complexity index is 915. The number of thiazole rings is 1. The number of hydrogen-bond acceptors (Lipinski definition) is 7. The Kier molecular flexibility index (Phi) is 3.36. The minimum atomic E-state index is -0.448. The number of rotatable bonds is 3. The standard InChI is InChI=1S/C13H10N4O3S/c1-20-12(19)8-4-2-3-5-9(8)14-6-10-11(18)17-13(21-10)15-7-16-17/h2-7,14H,1H3/b10-6-. The minimum Gasteiger partial charge on any atom is -0.465 e. The highest BCUT2D eigenvalue weighted by Crippen LogP contribution is 2.15. The van der Waals surface area contributed by atoms with Gasteiger partial charge in [0.05, 0.1) is 18.4 Å². The van der Waals surface area contributed by atoms with Gasteiger partial charge in [0.15, 0.2) is 0 Å². The third-order valence-electron chi connectivity index (χ3n) is 2.81. The first kappa shape index (κ1) is 13.3. The summed E-state index contributed by atoms with van der Waals surface area (Å²) in [5, 5.41) is 6.79. The molecule has 106 valence electrons. The van der Waals surface area contributed by atoms with Crippen LogP contribution in [0.4, 0.5) is 5.69 Å². The van der Waals surface area contributed by atoms with Gasteiger partial charge < -0.3 is 10.1 Å². The highest BCUT2D eigenvalue weighted by Gasteiger charge is 2.10. The molecule has 2 aromatic heterocycles. The SMILES string of the molecule is COC(=O)c1ccccc1N/C=c1\sc2ncnn2c1=O. The summed E-state index contributed by atoms with van der Waals surface area (Å²) in [4.78, 5) is 28.1. The van der Waals surface area contributed by atoms with Crippen molar-refractivity contribution in [2.45, 2.75) is 0 Å². The van der Waals surface area contributed by atoms with Crippen LogP contribution in [0, 0.1) is 0 Å². The van der Waals surface area contributed by atoms with Crippen molar-refractivity contribution in [1.29, 1.82) is 0 Å². The van der Waals surface area contributed by atoms with Crippen LogP contribution in [0.15, 0.2) is 35.4 Å². The zero-order chi connectivity index (χ0) is 14.8. The van der Waals surface area contributed by atoms with E-state index in [1.807, 2.05) is 0 Å². The molecule has 0 bridgehead atoms. The minimum absolute atomic E-state index is 0.254. The molecule has 0 saturated heterocycles. The van der Waals surface area contributed by atoms with Gasteiger partial charge in [-0.05, 0) is 12.1 Å². The van der Waals surface area contributed by atoms with Gasteiger partial charge in [0.25, 0.3) is 5.56 Å². The van der Waals surface area contributed by atoms with Crippen LogP contribution in [-0.4, -0.2) is 27.7 Å². The number of esters is 1. The second-order valence-corrected chi connectivity index (χ2v) is 5.06. The second kappa shape index (κ2) is 5.33. The van der Waals surface area contributed by atoms with Crippen molar-refractivity contribution in [2.75, 3.05) is 12.4 Å². The summed E-state index contributed by atoms with van der Waals surface area (Å²) in [7, 11) is 1.32. The molecule has 3 aromatic rings. The van der Waals surface area contributed by atoms with E-state index < -0.39 is 5.97 Å². The molecule has 0 radical (unpaired) electrons. The largest absolute Gasteiger partial charge is 0.465 e. The third kappa shape index (κ3) is 2.36. The number of carbonyl (C=O) groups excluding carboxylic acids is 1. The van der Waals surface area contributed by atoms with Crippen molar-refractivity contribution in [2.24, 2.45) is 0 Å². The lowest BCUT2D eigenvalue weighted by Gasteiger charge is -2.06. The Labute approximate surface area is 122 Å². The predicted molar refractivity (Wildman–Crippen MR) is 78.2 cm³/mol. The van der Waals surface area contributed by atoms with E-state index in [-0.39, 0.29) is 5.56 Å². The molecule has 0 aliphatic carbocycles. The van der Waals surface area contributed by atoms with Crippen molar-refractivity contribution in [3.05, 3.63) is 51.0 Å². The van der Waals surface area contributed by atoms with Gasteiger partial charge in [0.1, 0.15) is 10.9 Å². The molecule has 7 nitrogen and oxygen atoms in total. The first-order chi connectivity index (χ1) is 10.2. The molecule has 0 amide bonds. The highest BCUT2D eigenvalue weighted by atomic mass is 32.1. The monoisotopic (exact) mass is 302 g/mol. The molecular weight excluding hydrogens is 292 g/mol. The fraction of sp³-hybridized carbons (Fsp3) is 0.0769. The van der Waals surface area contributed by atoms with Crippen LogP contribution in [0.3, 0.4) is 0 Å². The van der Waals surface area contributed by atoms with E-state index in [1.54, 1.807) is 24.3 Å². The lowest BCUT2D eigenvalue weighted by Crippen LogP contribution is -2.24. The number of methoxy groups -OCH3 is 1. The fourth-order valence-electron chi connectivity index (χ4n) is 1.82. The molecule has 0 aliphatic rings. The van der Waals surface area contributed by atoms with E-state index in [2.05, 4.69) is 15.4 Å². The quantitative estimate of drug-likeness (QED) is 0.709. The summed E-state index contributed by atoms with van der Waals surface area (Å²) >= 11 is 1.21. The predicted octanol–water partition coefficient (Wildman–Crippen LogP) is 0.507. The molecule has 2 heterocycles. The molecule has 0 atom stereocenters. The number of anilines is 1. The number of nitrogens with one attached hydrogen (secondary N) is 1. The highest BCUT2D eigenvalue weighted by molar-refractivity contribution is 7.15. The molecule has 0 spiro atoms. The van der Waals surface area contributed by atoms with Gasteiger partial charge in [-0.15, -0.1) is 0 Å². The zero-order valence-electron chi connectivity index (χ0n) is 10.9.